The summed E-state index contributed by atoms with van der Waals surface area (Å²) in [6.07, 6.45) is 3.23. The van der Waals surface area contributed by atoms with Crippen LogP contribution in [0.1, 0.15) is 43.5 Å². The van der Waals surface area contributed by atoms with Gasteiger partial charge in [-0.05, 0) is 51.0 Å². The van der Waals surface area contributed by atoms with Crippen molar-refractivity contribution in [3.8, 4) is 0 Å². The third-order valence-electron chi connectivity index (χ3n) is 4.63. The Bertz CT molecular complexity index is 742. The molecule has 144 valence electrons. The zero-order chi connectivity index (χ0) is 19.3. The molecule has 26 heavy (non-hydrogen) atoms. The molecule has 1 heterocycles. The highest BCUT2D eigenvalue weighted by atomic mass is 32.2. The molecule has 0 aromatic heterocycles. The number of piperidine rings is 1. The molecule has 8 heteroatoms. The Morgan fingerprint density at radius 2 is 1.77 bits per heavy atom. The van der Waals surface area contributed by atoms with Crippen LogP contribution < -0.4 is 5.32 Å². The third kappa shape index (κ3) is 4.82. The number of nitrogens with one attached hydrogen (secondary N) is 1. The topological polar surface area (TPSA) is 86.8 Å². The summed E-state index contributed by atoms with van der Waals surface area (Å²) in [6, 6.07) is 6.00. The second-order valence-electron chi connectivity index (χ2n) is 6.43. The average molecular weight is 381 g/mol. The minimum Gasteiger partial charge on any atom is -0.339 e. The van der Waals surface area contributed by atoms with Crippen LogP contribution in [-0.4, -0.2) is 61.4 Å². The third-order valence-corrected chi connectivity index (χ3v) is 5.92. The van der Waals surface area contributed by atoms with Crippen LogP contribution in [0.2, 0.25) is 0 Å². The van der Waals surface area contributed by atoms with Gasteiger partial charge in [0.1, 0.15) is 6.04 Å². The minimum atomic E-state index is -3.42. The van der Waals surface area contributed by atoms with Crippen molar-refractivity contribution >= 4 is 27.5 Å². The van der Waals surface area contributed by atoms with Gasteiger partial charge in [-0.15, -0.1) is 0 Å². The number of hydrogen-bond donors (Lipinski definition) is 1. The van der Waals surface area contributed by atoms with Gasteiger partial charge in [0.15, 0.2) is 0 Å². The van der Waals surface area contributed by atoms with Crippen molar-refractivity contribution in [2.75, 3.05) is 31.2 Å². The summed E-state index contributed by atoms with van der Waals surface area (Å²) in [5.41, 5.74) is 1.10. The Balaban J connectivity index is 2.08. The lowest BCUT2D eigenvalue weighted by molar-refractivity contribution is -0.120. The number of amides is 2. The number of benzene rings is 1. The lowest BCUT2D eigenvalue weighted by Gasteiger charge is -2.32. The van der Waals surface area contributed by atoms with Gasteiger partial charge in [-0.2, -0.15) is 4.31 Å². The molecule has 0 radical (unpaired) electrons. The monoisotopic (exact) mass is 381 g/mol. The summed E-state index contributed by atoms with van der Waals surface area (Å²) < 4.78 is 25.1. The number of nitrogens with zero attached hydrogens (tertiary/aromatic N) is 2. The highest BCUT2D eigenvalue weighted by Crippen LogP contribution is 2.21. The zero-order valence-corrected chi connectivity index (χ0v) is 16.4. The highest BCUT2D eigenvalue weighted by molar-refractivity contribution is 7.88. The zero-order valence-electron chi connectivity index (χ0n) is 15.6. The summed E-state index contributed by atoms with van der Waals surface area (Å²) >= 11 is 0. The van der Waals surface area contributed by atoms with E-state index in [1.807, 2.05) is 13.8 Å². The van der Waals surface area contributed by atoms with Crippen LogP contribution in [0, 0.1) is 0 Å². The molecular formula is C18H27N3O4S. The number of anilines is 1. The summed E-state index contributed by atoms with van der Waals surface area (Å²) in [7, 11) is -3.42. The Hall–Kier alpha value is -1.93. The Morgan fingerprint density at radius 1 is 1.15 bits per heavy atom. The molecule has 1 aliphatic heterocycles. The van der Waals surface area contributed by atoms with Crippen LogP contribution >= 0.6 is 0 Å². The lowest BCUT2D eigenvalue weighted by Crippen LogP contribution is -2.49. The van der Waals surface area contributed by atoms with Crippen molar-refractivity contribution in [1.82, 2.24) is 9.21 Å². The van der Waals surface area contributed by atoms with E-state index in [4.69, 9.17) is 0 Å². The average Bonchev–Trinajstić information content (AvgIpc) is 2.62. The van der Waals surface area contributed by atoms with E-state index in [1.54, 1.807) is 29.2 Å². The van der Waals surface area contributed by atoms with E-state index in [2.05, 4.69) is 5.32 Å². The molecule has 0 saturated carbocycles. The predicted molar refractivity (Wildman–Crippen MR) is 102 cm³/mol. The maximum absolute atomic E-state index is 12.6. The van der Waals surface area contributed by atoms with E-state index >= 15 is 0 Å². The second-order valence-corrected chi connectivity index (χ2v) is 8.36. The normalized spacial score (nSPS) is 18.3. The van der Waals surface area contributed by atoms with E-state index in [9.17, 15) is 18.0 Å². The molecule has 0 aliphatic carbocycles. The van der Waals surface area contributed by atoms with Gasteiger partial charge >= 0.3 is 0 Å². The molecule has 7 nitrogen and oxygen atoms in total. The number of carbonyl (C=O) groups excluding carboxylic acids is 2. The highest BCUT2D eigenvalue weighted by Gasteiger charge is 2.34. The lowest BCUT2D eigenvalue weighted by atomic mass is 10.0. The van der Waals surface area contributed by atoms with Crippen LogP contribution in [0.15, 0.2) is 24.3 Å². The number of hydrogen-bond acceptors (Lipinski definition) is 4. The molecule has 1 aromatic rings. The molecule has 1 aliphatic rings. The van der Waals surface area contributed by atoms with Gasteiger partial charge in [0.2, 0.25) is 15.9 Å². The first-order valence-corrected chi connectivity index (χ1v) is 10.8. The molecule has 0 unspecified atom stereocenters. The molecule has 1 atom stereocenters. The first kappa shape index (κ1) is 20.4. The maximum Gasteiger partial charge on any atom is 0.253 e. The summed E-state index contributed by atoms with van der Waals surface area (Å²) in [5.74, 6) is -0.388. The summed E-state index contributed by atoms with van der Waals surface area (Å²) in [6.45, 7) is 5.49. The van der Waals surface area contributed by atoms with E-state index in [0.717, 1.165) is 19.1 Å². The van der Waals surface area contributed by atoms with Crippen molar-refractivity contribution in [2.45, 2.75) is 39.2 Å². The fourth-order valence-electron chi connectivity index (χ4n) is 3.18. The minimum absolute atomic E-state index is 0.0524. The smallest absolute Gasteiger partial charge is 0.253 e. The largest absolute Gasteiger partial charge is 0.339 e. The second kappa shape index (κ2) is 8.64. The van der Waals surface area contributed by atoms with Crippen LogP contribution in [-0.2, 0) is 14.8 Å². The van der Waals surface area contributed by atoms with Crippen molar-refractivity contribution in [3.05, 3.63) is 29.8 Å². The first-order chi connectivity index (χ1) is 12.3. The van der Waals surface area contributed by atoms with E-state index in [0.29, 0.717) is 37.3 Å². The van der Waals surface area contributed by atoms with Gasteiger partial charge in [0.25, 0.3) is 5.91 Å². The van der Waals surface area contributed by atoms with Crippen molar-refractivity contribution < 1.29 is 18.0 Å². The molecule has 0 bridgehead atoms. The van der Waals surface area contributed by atoms with Gasteiger partial charge in [-0.3, -0.25) is 9.59 Å². The number of carbonyl (C=O) groups is 2. The van der Waals surface area contributed by atoms with E-state index in [1.165, 1.54) is 4.31 Å². The number of sulfonamides is 1. The van der Waals surface area contributed by atoms with E-state index in [-0.39, 0.29) is 11.8 Å². The van der Waals surface area contributed by atoms with Gasteiger partial charge in [-0.1, -0.05) is 6.42 Å². The van der Waals surface area contributed by atoms with Crippen molar-refractivity contribution in [1.29, 1.82) is 0 Å². The van der Waals surface area contributed by atoms with Crippen LogP contribution in [0.3, 0.4) is 0 Å². The molecule has 1 saturated heterocycles. The quantitative estimate of drug-likeness (QED) is 0.816. The number of rotatable bonds is 6. The molecule has 0 spiro atoms. The van der Waals surface area contributed by atoms with Gasteiger partial charge < -0.3 is 10.2 Å². The molecule has 1 N–H and O–H groups in total. The van der Waals surface area contributed by atoms with Crippen LogP contribution in [0.25, 0.3) is 0 Å². The van der Waals surface area contributed by atoms with Gasteiger partial charge in [0, 0.05) is 30.9 Å². The van der Waals surface area contributed by atoms with Gasteiger partial charge in [-0.25, -0.2) is 8.42 Å². The molecule has 2 amide bonds. The molecule has 1 aromatic carbocycles. The predicted octanol–water partition coefficient (Wildman–Crippen LogP) is 1.92. The maximum atomic E-state index is 12.6. The fourth-order valence-corrected chi connectivity index (χ4v) is 4.30. The van der Waals surface area contributed by atoms with Crippen LogP contribution in [0.4, 0.5) is 5.69 Å². The van der Waals surface area contributed by atoms with Crippen molar-refractivity contribution in [2.24, 2.45) is 0 Å². The molecule has 2 rings (SSSR count). The summed E-state index contributed by atoms with van der Waals surface area (Å²) in [4.78, 5) is 26.6. The van der Waals surface area contributed by atoms with Gasteiger partial charge in [0.05, 0.1) is 6.26 Å². The Kier molecular flexibility index (Phi) is 6.77. The fraction of sp³-hybridized carbons (Fsp3) is 0.556. The molecular weight excluding hydrogens is 354 g/mol. The van der Waals surface area contributed by atoms with Crippen molar-refractivity contribution in [3.63, 3.8) is 0 Å². The Labute approximate surface area is 155 Å². The van der Waals surface area contributed by atoms with E-state index < -0.39 is 16.1 Å². The first-order valence-electron chi connectivity index (χ1n) is 8.95. The molecule has 1 fully saturated rings. The van der Waals surface area contributed by atoms with Crippen LogP contribution in [0.5, 0.6) is 0 Å². The Morgan fingerprint density at radius 3 is 2.31 bits per heavy atom. The SMILES string of the molecule is CCN(CC)C(=O)c1ccc(NC(=O)[C@@H]2CCCCN2S(C)(=O)=O)cc1. The standard InChI is InChI=1S/C18H27N3O4S/c1-4-20(5-2)18(23)14-9-11-15(12-10-14)19-17(22)16-8-6-7-13-21(16)26(3,24)25/h9-12,16H,4-8,13H2,1-3H3,(H,19,22)/t16-/m0/s1. The summed E-state index contributed by atoms with van der Waals surface area (Å²) in [5, 5.41) is 2.77.